The van der Waals surface area contributed by atoms with Crippen molar-refractivity contribution < 1.29 is 19.1 Å². The molecule has 0 spiro atoms. The molecule has 1 aliphatic heterocycles. The molecule has 0 radical (unpaired) electrons. The molecule has 6 nitrogen and oxygen atoms in total. The molecule has 1 heterocycles. The Morgan fingerprint density at radius 3 is 2.42 bits per heavy atom. The third-order valence-electron chi connectivity index (χ3n) is 2.34. The first-order valence-corrected chi connectivity index (χ1v) is 6.06. The fourth-order valence-corrected chi connectivity index (χ4v) is 1.51. The molecule has 0 aromatic heterocycles. The Hall–Kier alpha value is -1.74. The number of hydrogen-bond donors (Lipinski definition) is 2. The summed E-state index contributed by atoms with van der Waals surface area (Å²) in [6.45, 7) is 7.88. The first kappa shape index (κ1) is 15.3. The van der Waals surface area contributed by atoms with E-state index in [-0.39, 0.29) is 12.5 Å². The Kier molecular flexibility index (Phi) is 4.78. The van der Waals surface area contributed by atoms with Gasteiger partial charge in [-0.1, -0.05) is 5.92 Å². The summed E-state index contributed by atoms with van der Waals surface area (Å²) < 4.78 is 10.2. The summed E-state index contributed by atoms with van der Waals surface area (Å²) in [5.41, 5.74) is -1.14. The number of carbonyl (C=O) groups excluding carboxylic acids is 2. The van der Waals surface area contributed by atoms with Crippen molar-refractivity contribution in [2.24, 2.45) is 0 Å². The van der Waals surface area contributed by atoms with Gasteiger partial charge in [0.05, 0.1) is 13.2 Å². The van der Waals surface area contributed by atoms with Crippen molar-refractivity contribution in [1.82, 2.24) is 10.6 Å². The molecule has 2 amide bonds. The van der Waals surface area contributed by atoms with Gasteiger partial charge in [-0.25, -0.2) is 4.79 Å². The lowest BCUT2D eigenvalue weighted by molar-refractivity contribution is -0.127. The first-order chi connectivity index (χ1) is 8.76. The molecule has 1 fully saturated rings. The second kappa shape index (κ2) is 5.93. The Morgan fingerprint density at radius 2 is 2.00 bits per heavy atom. The smallest absolute Gasteiger partial charge is 0.407 e. The summed E-state index contributed by atoms with van der Waals surface area (Å²) in [5, 5.41) is 5.37. The van der Waals surface area contributed by atoms with E-state index in [1.54, 1.807) is 27.7 Å². The monoisotopic (exact) mass is 268 g/mol. The topological polar surface area (TPSA) is 76.7 Å². The van der Waals surface area contributed by atoms with Gasteiger partial charge in [0.25, 0.3) is 5.91 Å². The summed E-state index contributed by atoms with van der Waals surface area (Å²) in [5.74, 6) is 4.54. The van der Waals surface area contributed by atoms with Crippen LogP contribution in [0.3, 0.4) is 0 Å². The molecule has 0 atom stereocenters. The van der Waals surface area contributed by atoms with Crippen molar-refractivity contribution in [2.45, 2.75) is 38.8 Å². The molecule has 0 aromatic carbocycles. The van der Waals surface area contributed by atoms with Gasteiger partial charge in [0.1, 0.15) is 11.1 Å². The van der Waals surface area contributed by atoms with E-state index >= 15 is 0 Å². The highest BCUT2D eigenvalue weighted by Gasteiger charge is 2.40. The van der Waals surface area contributed by atoms with Gasteiger partial charge in [0.2, 0.25) is 0 Å². The van der Waals surface area contributed by atoms with E-state index in [0.29, 0.717) is 13.2 Å². The molecule has 2 N–H and O–H groups in total. The van der Waals surface area contributed by atoms with Crippen molar-refractivity contribution in [2.75, 3.05) is 19.8 Å². The molecule has 0 saturated carbocycles. The maximum absolute atomic E-state index is 11.5. The van der Waals surface area contributed by atoms with Gasteiger partial charge in [-0.2, -0.15) is 0 Å². The Labute approximate surface area is 113 Å². The van der Waals surface area contributed by atoms with E-state index in [2.05, 4.69) is 22.5 Å². The zero-order chi connectivity index (χ0) is 14.5. The molecule has 19 heavy (non-hydrogen) atoms. The average molecular weight is 268 g/mol. The Balaban J connectivity index is 2.46. The van der Waals surface area contributed by atoms with Gasteiger partial charge in [-0.05, 0) is 33.6 Å². The Morgan fingerprint density at radius 1 is 1.37 bits per heavy atom. The predicted molar refractivity (Wildman–Crippen MR) is 69.4 cm³/mol. The molecule has 6 heteroatoms. The number of hydrogen-bond acceptors (Lipinski definition) is 4. The van der Waals surface area contributed by atoms with Crippen LogP contribution in [0.1, 0.15) is 27.7 Å². The highest BCUT2D eigenvalue weighted by molar-refractivity contribution is 5.94. The summed E-state index contributed by atoms with van der Waals surface area (Å²) in [7, 11) is 0. The number of ether oxygens (including phenoxy) is 2. The first-order valence-electron chi connectivity index (χ1n) is 6.06. The average Bonchev–Trinajstić information content (AvgIpc) is 2.19. The number of amides is 2. The van der Waals surface area contributed by atoms with Crippen molar-refractivity contribution in [1.29, 1.82) is 0 Å². The maximum atomic E-state index is 11.5. The zero-order valence-electron chi connectivity index (χ0n) is 11.8. The quantitative estimate of drug-likeness (QED) is 0.727. The molecule has 1 aliphatic rings. The summed E-state index contributed by atoms with van der Waals surface area (Å²) >= 11 is 0. The van der Waals surface area contributed by atoms with E-state index in [1.165, 1.54) is 0 Å². The summed E-state index contributed by atoms with van der Waals surface area (Å²) in [4.78, 5) is 23.0. The van der Waals surface area contributed by atoms with E-state index in [0.717, 1.165) is 0 Å². The van der Waals surface area contributed by atoms with Crippen LogP contribution in [0.4, 0.5) is 4.79 Å². The highest BCUT2D eigenvalue weighted by atomic mass is 16.6. The molecule has 0 unspecified atom stereocenters. The van der Waals surface area contributed by atoms with E-state index in [9.17, 15) is 9.59 Å². The standard InChI is InChI=1S/C13H20N2O4/c1-5-6-10(16)15-13(8-18-9-13)7-14-11(17)19-12(2,3)4/h7-9H2,1-4H3,(H,14,17)(H,15,16). The van der Waals surface area contributed by atoms with Crippen molar-refractivity contribution in [3.05, 3.63) is 0 Å². The molecular weight excluding hydrogens is 248 g/mol. The minimum Gasteiger partial charge on any atom is -0.444 e. The van der Waals surface area contributed by atoms with Crippen molar-refractivity contribution in [3.63, 3.8) is 0 Å². The van der Waals surface area contributed by atoms with E-state index in [4.69, 9.17) is 9.47 Å². The van der Waals surface area contributed by atoms with Crippen LogP contribution in [-0.2, 0) is 14.3 Å². The van der Waals surface area contributed by atoms with Crippen LogP contribution in [-0.4, -0.2) is 42.9 Å². The number of rotatable bonds is 3. The van der Waals surface area contributed by atoms with Crippen LogP contribution in [0.15, 0.2) is 0 Å². The second-order valence-corrected chi connectivity index (χ2v) is 5.46. The summed E-state index contributed by atoms with van der Waals surface area (Å²) in [6, 6.07) is 0. The SMILES string of the molecule is CC#CC(=O)NC1(CNC(=O)OC(C)(C)C)COC1. The minimum atomic E-state index is -0.585. The zero-order valence-corrected chi connectivity index (χ0v) is 11.8. The summed E-state index contributed by atoms with van der Waals surface area (Å²) in [6.07, 6.45) is -0.519. The van der Waals surface area contributed by atoms with E-state index in [1.807, 2.05) is 0 Å². The number of nitrogens with one attached hydrogen (secondary N) is 2. The largest absolute Gasteiger partial charge is 0.444 e. The lowest BCUT2D eigenvalue weighted by atomic mass is 9.97. The molecule has 1 rings (SSSR count). The van der Waals surface area contributed by atoms with Crippen LogP contribution in [0.25, 0.3) is 0 Å². The third kappa shape index (κ3) is 5.18. The number of carbonyl (C=O) groups is 2. The minimum absolute atomic E-state index is 0.249. The van der Waals surface area contributed by atoms with Crippen LogP contribution in [0.5, 0.6) is 0 Å². The van der Waals surface area contributed by atoms with Gasteiger partial charge in [0, 0.05) is 6.54 Å². The van der Waals surface area contributed by atoms with Gasteiger partial charge in [-0.3, -0.25) is 4.79 Å². The molecular formula is C13H20N2O4. The van der Waals surface area contributed by atoms with Crippen molar-refractivity contribution >= 4 is 12.0 Å². The van der Waals surface area contributed by atoms with Gasteiger partial charge < -0.3 is 20.1 Å². The van der Waals surface area contributed by atoms with E-state index < -0.39 is 17.2 Å². The molecule has 0 bridgehead atoms. The van der Waals surface area contributed by atoms with Crippen LogP contribution >= 0.6 is 0 Å². The third-order valence-corrected chi connectivity index (χ3v) is 2.34. The van der Waals surface area contributed by atoms with Gasteiger partial charge >= 0.3 is 6.09 Å². The molecule has 0 aliphatic carbocycles. The fourth-order valence-electron chi connectivity index (χ4n) is 1.51. The van der Waals surface area contributed by atoms with Gasteiger partial charge in [-0.15, -0.1) is 0 Å². The van der Waals surface area contributed by atoms with Crippen LogP contribution in [0.2, 0.25) is 0 Å². The number of alkyl carbamates (subject to hydrolysis) is 1. The molecule has 0 aromatic rings. The second-order valence-electron chi connectivity index (χ2n) is 5.46. The molecule has 1 saturated heterocycles. The fraction of sp³-hybridized carbons (Fsp3) is 0.692. The van der Waals surface area contributed by atoms with Crippen LogP contribution < -0.4 is 10.6 Å². The van der Waals surface area contributed by atoms with Crippen molar-refractivity contribution in [3.8, 4) is 11.8 Å². The maximum Gasteiger partial charge on any atom is 0.407 e. The van der Waals surface area contributed by atoms with Gasteiger partial charge in [0.15, 0.2) is 0 Å². The Bertz CT molecular complexity index is 411. The lowest BCUT2D eigenvalue weighted by Gasteiger charge is -2.41. The highest BCUT2D eigenvalue weighted by Crippen LogP contribution is 2.16. The lowest BCUT2D eigenvalue weighted by Crippen LogP contribution is -2.67. The predicted octanol–water partition coefficient (Wildman–Crippen LogP) is 0.420. The normalized spacial score (nSPS) is 16.4. The molecule has 106 valence electrons. The van der Waals surface area contributed by atoms with Crippen LogP contribution in [0, 0.1) is 11.8 Å².